The van der Waals surface area contributed by atoms with Gasteiger partial charge in [0, 0.05) is 5.92 Å². The van der Waals surface area contributed by atoms with E-state index in [4.69, 9.17) is 0 Å². The van der Waals surface area contributed by atoms with E-state index in [1.54, 1.807) is 24.3 Å². The summed E-state index contributed by atoms with van der Waals surface area (Å²) in [6.45, 7) is 0. The molecular formula is C14H19ClO3. The van der Waals surface area contributed by atoms with Gasteiger partial charge in [0.1, 0.15) is 0 Å². The standard InChI is InChI=1S/C14H18O3.ClH/c15-13(16)14(17,11-7-3-1-4-8-11)12-9-5-2-6-10-12;/h1,3-4,7-8,12,17H,2,5-6,9-10H2,(H,15,16);1H/t14-;/m0./s1. The minimum atomic E-state index is -1.72. The zero-order chi connectivity index (χ0) is 12.3. The van der Waals surface area contributed by atoms with Crippen LogP contribution in [0.3, 0.4) is 0 Å². The van der Waals surface area contributed by atoms with Crippen LogP contribution in [0.15, 0.2) is 30.3 Å². The summed E-state index contributed by atoms with van der Waals surface area (Å²) in [7, 11) is 0. The van der Waals surface area contributed by atoms with Crippen LogP contribution >= 0.6 is 12.4 Å². The van der Waals surface area contributed by atoms with E-state index < -0.39 is 11.6 Å². The maximum absolute atomic E-state index is 11.5. The Morgan fingerprint density at radius 3 is 2.17 bits per heavy atom. The Labute approximate surface area is 113 Å². The molecule has 4 heteroatoms. The fraction of sp³-hybridized carbons (Fsp3) is 0.500. The molecule has 1 aromatic rings. The number of aliphatic carboxylic acids is 1. The van der Waals surface area contributed by atoms with Gasteiger partial charge in [0.15, 0.2) is 5.60 Å². The summed E-state index contributed by atoms with van der Waals surface area (Å²) >= 11 is 0. The first-order valence-corrected chi connectivity index (χ1v) is 6.17. The lowest BCUT2D eigenvalue weighted by Gasteiger charge is -2.35. The van der Waals surface area contributed by atoms with Crippen molar-refractivity contribution in [2.75, 3.05) is 0 Å². The summed E-state index contributed by atoms with van der Waals surface area (Å²) in [6, 6.07) is 8.76. The van der Waals surface area contributed by atoms with Gasteiger partial charge in [-0.1, -0.05) is 49.6 Å². The van der Waals surface area contributed by atoms with Crippen LogP contribution in [0.1, 0.15) is 37.7 Å². The molecule has 18 heavy (non-hydrogen) atoms. The SMILES string of the molecule is Cl.O=C(O)[C@](O)(c1ccccc1)C1CCCCC1. The highest BCUT2D eigenvalue weighted by molar-refractivity contribution is 5.85. The minimum absolute atomic E-state index is 0. The average Bonchev–Trinajstić information content (AvgIpc) is 2.39. The number of hydrogen-bond donors (Lipinski definition) is 2. The Hall–Kier alpha value is -1.06. The highest BCUT2D eigenvalue weighted by Gasteiger charge is 2.45. The lowest BCUT2D eigenvalue weighted by molar-refractivity contribution is -0.168. The van der Waals surface area contributed by atoms with Crippen LogP contribution in [-0.4, -0.2) is 16.2 Å². The van der Waals surface area contributed by atoms with Crippen molar-refractivity contribution in [3.05, 3.63) is 35.9 Å². The smallest absolute Gasteiger partial charge is 0.340 e. The topological polar surface area (TPSA) is 57.5 Å². The minimum Gasteiger partial charge on any atom is -0.479 e. The van der Waals surface area contributed by atoms with Crippen molar-refractivity contribution in [1.82, 2.24) is 0 Å². The summed E-state index contributed by atoms with van der Waals surface area (Å²) in [4.78, 5) is 11.5. The lowest BCUT2D eigenvalue weighted by Crippen LogP contribution is -2.43. The molecule has 1 atom stereocenters. The number of rotatable bonds is 3. The maximum Gasteiger partial charge on any atom is 0.340 e. The molecule has 0 spiro atoms. The van der Waals surface area contributed by atoms with E-state index >= 15 is 0 Å². The third-order valence-electron chi connectivity index (χ3n) is 3.74. The zero-order valence-electron chi connectivity index (χ0n) is 10.2. The molecule has 0 heterocycles. The van der Waals surface area contributed by atoms with Gasteiger partial charge in [0.25, 0.3) is 0 Å². The van der Waals surface area contributed by atoms with Gasteiger partial charge in [-0.15, -0.1) is 12.4 Å². The summed E-state index contributed by atoms with van der Waals surface area (Å²) in [5, 5.41) is 20.0. The number of aliphatic hydroxyl groups is 1. The second-order valence-corrected chi connectivity index (χ2v) is 4.77. The van der Waals surface area contributed by atoms with Gasteiger partial charge >= 0.3 is 5.97 Å². The fourth-order valence-electron chi connectivity index (χ4n) is 2.75. The van der Waals surface area contributed by atoms with Crippen molar-refractivity contribution in [2.24, 2.45) is 5.92 Å². The van der Waals surface area contributed by atoms with Crippen molar-refractivity contribution >= 4 is 18.4 Å². The van der Waals surface area contributed by atoms with Crippen LogP contribution in [0.2, 0.25) is 0 Å². The first kappa shape index (κ1) is 15.0. The fourth-order valence-corrected chi connectivity index (χ4v) is 2.75. The molecule has 1 saturated carbocycles. The number of halogens is 1. The van der Waals surface area contributed by atoms with Crippen molar-refractivity contribution < 1.29 is 15.0 Å². The van der Waals surface area contributed by atoms with E-state index in [9.17, 15) is 15.0 Å². The summed E-state index contributed by atoms with van der Waals surface area (Å²) in [5.74, 6) is -1.30. The lowest BCUT2D eigenvalue weighted by atomic mass is 9.73. The number of carboxylic acids is 1. The maximum atomic E-state index is 11.5. The Kier molecular flexibility index (Phi) is 5.17. The summed E-state index contributed by atoms with van der Waals surface area (Å²) < 4.78 is 0. The van der Waals surface area contributed by atoms with Crippen LogP contribution in [0.5, 0.6) is 0 Å². The predicted octanol–water partition coefficient (Wildman–Crippen LogP) is 2.96. The van der Waals surface area contributed by atoms with Gasteiger partial charge in [-0.3, -0.25) is 0 Å². The average molecular weight is 271 g/mol. The van der Waals surface area contributed by atoms with Gasteiger partial charge < -0.3 is 10.2 Å². The highest BCUT2D eigenvalue weighted by Crippen LogP contribution is 2.39. The van der Waals surface area contributed by atoms with Gasteiger partial charge in [-0.2, -0.15) is 0 Å². The Balaban J connectivity index is 0.00000162. The van der Waals surface area contributed by atoms with Crippen molar-refractivity contribution in [2.45, 2.75) is 37.7 Å². The first-order valence-electron chi connectivity index (χ1n) is 6.17. The molecule has 1 aliphatic rings. The molecule has 1 fully saturated rings. The molecule has 0 unspecified atom stereocenters. The van der Waals surface area contributed by atoms with E-state index in [1.807, 2.05) is 6.07 Å². The van der Waals surface area contributed by atoms with E-state index in [0.29, 0.717) is 5.56 Å². The van der Waals surface area contributed by atoms with Crippen LogP contribution in [0.4, 0.5) is 0 Å². The number of carbonyl (C=O) groups is 1. The Bertz CT molecular complexity index is 387. The highest BCUT2D eigenvalue weighted by atomic mass is 35.5. The molecule has 3 nitrogen and oxygen atoms in total. The van der Waals surface area contributed by atoms with Crippen molar-refractivity contribution in [3.63, 3.8) is 0 Å². The molecule has 2 N–H and O–H groups in total. The van der Waals surface area contributed by atoms with Gasteiger partial charge in [0.2, 0.25) is 0 Å². The molecule has 0 bridgehead atoms. The molecule has 1 aliphatic carbocycles. The number of carboxylic acid groups (broad SMARTS) is 1. The van der Waals surface area contributed by atoms with E-state index in [2.05, 4.69) is 0 Å². The van der Waals surface area contributed by atoms with Crippen molar-refractivity contribution in [1.29, 1.82) is 0 Å². The van der Waals surface area contributed by atoms with Crippen LogP contribution in [0.25, 0.3) is 0 Å². The zero-order valence-corrected chi connectivity index (χ0v) is 11.0. The van der Waals surface area contributed by atoms with Crippen LogP contribution < -0.4 is 0 Å². The third-order valence-corrected chi connectivity index (χ3v) is 3.74. The van der Waals surface area contributed by atoms with Gasteiger partial charge in [-0.25, -0.2) is 4.79 Å². The molecule has 0 aliphatic heterocycles. The van der Waals surface area contributed by atoms with E-state index in [0.717, 1.165) is 32.1 Å². The molecule has 0 amide bonds. The van der Waals surface area contributed by atoms with Gasteiger partial charge in [0.05, 0.1) is 0 Å². The largest absolute Gasteiger partial charge is 0.479 e. The summed E-state index contributed by atoms with van der Waals surface area (Å²) in [6.07, 6.45) is 4.73. The summed E-state index contributed by atoms with van der Waals surface area (Å²) in [5.41, 5.74) is -1.22. The number of hydrogen-bond acceptors (Lipinski definition) is 2. The monoisotopic (exact) mass is 270 g/mol. The second kappa shape index (κ2) is 6.21. The molecule has 0 aromatic heterocycles. The molecular weight excluding hydrogens is 252 g/mol. The second-order valence-electron chi connectivity index (χ2n) is 4.77. The normalized spacial score (nSPS) is 19.6. The van der Waals surface area contributed by atoms with E-state index in [1.165, 1.54) is 0 Å². The van der Waals surface area contributed by atoms with Crippen molar-refractivity contribution in [3.8, 4) is 0 Å². The van der Waals surface area contributed by atoms with Gasteiger partial charge in [-0.05, 0) is 18.4 Å². The molecule has 0 radical (unpaired) electrons. The quantitative estimate of drug-likeness (QED) is 0.888. The number of benzene rings is 1. The van der Waals surface area contributed by atoms with Crippen LogP contribution in [0, 0.1) is 5.92 Å². The van der Waals surface area contributed by atoms with E-state index in [-0.39, 0.29) is 18.3 Å². The Morgan fingerprint density at radius 1 is 1.11 bits per heavy atom. The molecule has 0 saturated heterocycles. The third kappa shape index (κ3) is 2.68. The molecule has 1 aromatic carbocycles. The molecule has 100 valence electrons. The predicted molar refractivity (Wildman–Crippen MR) is 71.8 cm³/mol. The Morgan fingerprint density at radius 2 is 1.67 bits per heavy atom. The molecule has 2 rings (SSSR count). The first-order chi connectivity index (χ1) is 8.15. The van der Waals surface area contributed by atoms with Crippen LogP contribution in [-0.2, 0) is 10.4 Å².